The van der Waals surface area contributed by atoms with Gasteiger partial charge in [-0.25, -0.2) is 0 Å². The Kier molecular flexibility index (Phi) is 12.1. The van der Waals surface area contributed by atoms with Crippen LogP contribution in [0.25, 0.3) is 0 Å². The Labute approximate surface area is 308 Å². The fraction of sp³-hybridized carbons (Fsp3) is 0.714. The Balaban J connectivity index is 1.47. The number of benzene rings is 2. The minimum Gasteiger partial charge on any atom is -0.426 e. The summed E-state index contributed by atoms with van der Waals surface area (Å²) in [6.07, 6.45) is 2.09. The third-order valence-electron chi connectivity index (χ3n) is 9.53. The predicted octanol–water partition coefficient (Wildman–Crippen LogP) is 13.0. The molecule has 0 N–H and O–H groups in total. The molecule has 8 heteroatoms. The highest BCUT2D eigenvalue weighted by molar-refractivity contribution is 7.42. The molecular weight excluding hydrogens is 662 g/mol. The molecule has 2 aliphatic heterocycles. The third kappa shape index (κ3) is 10.7. The van der Waals surface area contributed by atoms with Crippen molar-refractivity contribution < 1.29 is 27.1 Å². The summed E-state index contributed by atoms with van der Waals surface area (Å²) in [5.41, 5.74) is 5.76. The van der Waals surface area contributed by atoms with Crippen molar-refractivity contribution in [1.82, 2.24) is 0 Å². The molecular formula is C42H68O6P2. The average molecular weight is 731 g/mol. The van der Waals surface area contributed by atoms with Crippen LogP contribution in [0.5, 0.6) is 11.5 Å². The van der Waals surface area contributed by atoms with Gasteiger partial charge in [-0.2, -0.15) is 0 Å². The Hall–Kier alpha value is -1.26. The molecule has 1 spiro atoms. The van der Waals surface area contributed by atoms with Gasteiger partial charge in [-0.05, 0) is 63.9 Å². The average Bonchev–Trinajstić information content (AvgIpc) is 2.93. The molecule has 2 saturated heterocycles. The van der Waals surface area contributed by atoms with Crippen LogP contribution in [0.4, 0.5) is 0 Å². The first-order valence-corrected chi connectivity index (χ1v) is 20.6. The molecule has 0 bridgehead atoms. The van der Waals surface area contributed by atoms with Gasteiger partial charge in [0.25, 0.3) is 0 Å². The molecule has 0 radical (unpaired) electrons. The number of hydrogen-bond acceptors (Lipinski definition) is 6. The van der Waals surface area contributed by atoms with Gasteiger partial charge < -0.3 is 27.1 Å². The first-order valence-electron chi connectivity index (χ1n) is 18.4. The van der Waals surface area contributed by atoms with Gasteiger partial charge in [-0.15, -0.1) is 0 Å². The molecule has 0 atom stereocenters. The van der Waals surface area contributed by atoms with Gasteiger partial charge in [-0.3, -0.25) is 0 Å². The van der Waals surface area contributed by atoms with Crippen molar-refractivity contribution in [3.8, 4) is 11.5 Å². The lowest BCUT2D eigenvalue weighted by Gasteiger charge is -2.42. The molecule has 6 nitrogen and oxygen atoms in total. The molecule has 0 saturated carbocycles. The van der Waals surface area contributed by atoms with Crippen LogP contribution in [0.3, 0.4) is 0 Å². The van der Waals surface area contributed by atoms with Crippen LogP contribution < -0.4 is 9.05 Å². The first-order chi connectivity index (χ1) is 22.6. The summed E-state index contributed by atoms with van der Waals surface area (Å²) in [6.45, 7) is 40.4. The van der Waals surface area contributed by atoms with Gasteiger partial charge in [0, 0.05) is 16.7 Å². The van der Waals surface area contributed by atoms with Gasteiger partial charge >= 0.3 is 17.2 Å². The molecule has 2 aromatic carbocycles. The summed E-state index contributed by atoms with van der Waals surface area (Å²) in [5.74, 6) is 1.72. The molecule has 2 aromatic rings. The molecule has 0 aliphatic carbocycles. The van der Waals surface area contributed by atoms with Crippen molar-refractivity contribution in [2.75, 3.05) is 26.4 Å². The lowest BCUT2D eigenvalue weighted by atomic mass is 9.68. The van der Waals surface area contributed by atoms with Crippen molar-refractivity contribution in [3.63, 3.8) is 0 Å². The van der Waals surface area contributed by atoms with Gasteiger partial charge in [0.2, 0.25) is 0 Å². The maximum absolute atomic E-state index is 6.62. The van der Waals surface area contributed by atoms with E-state index in [0.29, 0.717) is 26.4 Å². The molecule has 0 aromatic heterocycles. The first kappa shape index (κ1) is 41.5. The zero-order chi connectivity index (χ0) is 37.7. The summed E-state index contributed by atoms with van der Waals surface area (Å²) in [7, 11) is -3.16. The zero-order valence-electron chi connectivity index (χ0n) is 34.5. The highest BCUT2D eigenvalue weighted by Crippen LogP contribution is 2.56. The van der Waals surface area contributed by atoms with Gasteiger partial charge in [0.15, 0.2) is 0 Å². The van der Waals surface area contributed by atoms with E-state index >= 15 is 0 Å². The van der Waals surface area contributed by atoms with Crippen LogP contribution in [0.15, 0.2) is 30.3 Å². The summed E-state index contributed by atoms with van der Waals surface area (Å²) in [6, 6.07) is 11.2. The molecule has 4 rings (SSSR count). The van der Waals surface area contributed by atoms with Crippen molar-refractivity contribution in [2.45, 2.75) is 152 Å². The van der Waals surface area contributed by atoms with E-state index in [1.807, 2.05) is 0 Å². The Morgan fingerprint density at radius 1 is 0.560 bits per heavy atom. The standard InChI is InChI=1S/C42H68O6P2/c1-29-20-32(38(8,9)10)35(33(21-29)39(11,12)13)48-50-45-27-42(28-46-50)25-43-49(44-26-42)47-34-19-18-30(40(14,15)23-36(2,3)4)22-31(34)41(16,17)24-37(5,6)7/h18-22H,23-28H2,1-17H3. The van der Waals surface area contributed by atoms with Gasteiger partial charge in [-0.1, -0.05) is 141 Å². The minimum absolute atomic E-state index is 0.0189. The van der Waals surface area contributed by atoms with Crippen molar-refractivity contribution in [2.24, 2.45) is 16.2 Å². The molecule has 50 heavy (non-hydrogen) atoms. The molecule has 2 heterocycles. The fourth-order valence-corrected chi connectivity index (χ4v) is 10.3. The Bertz CT molecular complexity index is 1430. The van der Waals surface area contributed by atoms with Crippen LogP contribution >= 0.6 is 17.2 Å². The summed E-state index contributed by atoms with van der Waals surface area (Å²) >= 11 is 0. The maximum atomic E-state index is 6.62. The van der Waals surface area contributed by atoms with E-state index in [1.165, 1.54) is 27.8 Å². The van der Waals surface area contributed by atoms with E-state index in [2.05, 4.69) is 148 Å². The van der Waals surface area contributed by atoms with Crippen molar-refractivity contribution >= 4 is 17.2 Å². The normalized spacial score (nSPS) is 22.9. The topological polar surface area (TPSA) is 55.4 Å². The van der Waals surface area contributed by atoms with E-state index in [4.69, 9.17) is 27.1 Å². The smallest absolute Gasteiger partial charge is 0.397 e. The van der Waals surface area contributed by atoms with Crippen molar-refractivity contribution in [3.05, 3.63) is 58.1 Å². The van der Waals surface area contributed by atoms with Gasteiger partial charge in [0.1, 0.15) is 11.5 Å². The van der Waals surface area contributed by atoms with Crippen LogP contribution in [0.2, 0.25) is 0 Å². The quantitative estimate of drug-likeness (QED) is 0.252. The largest absolute Gasteiger partial charge is 0.426 e. The maximum Gasteiger partial charge on any atom is 0.397 e. The zero-order valence-corrected chi connectivity index (χ0v) is 36.3. The van der Waals surface area contributed by atoms with Crippen LogP contribution in [0.1, 0.15) is 151 Å². The summed E-state index contributed by atoms with van der Waals surface area (Å²) in [4.78, 5) is 0. The predicted molar refractivity (Wildman–Crippen MR) is 211 cm³/mol. The second-order valence-corrected chi connectivity index (χ2v) is 23.2. The van der Waals surface area contributed by atoms with E-state index < -0.39 is 22.6 Å². The van der Waals surface area contributed by atoms with Crippen LogP contribution in [0, 0.1) is 23.2 Å². The molecule has 2 aliphatic rings. The lowest BCUT2D eigenvalue weighted by Crippen LogP contribution is -2.45. The van der Waals surface area contributed by atoms with Crippen LogP contribution in [-0.2, 0) is 39.8 Å². The monoisotopic (exact) mass is 730 g/mol. The Morgan fingerprint density at radius 2 is 0.980 bits per heavy atom. The van der Waals surface area contributed by atoms with E-state index in [-0.39, 0.29) is 32.5 Å². The molecule has 282 valence electrons. The van der Waals surface area contributed by atoms with Crippen LogP contribution in [-0.4, -0.2) is 26.4 Å². The third-order valence-corrected chi connectivity index (χ3v) is 11.6. The molecule has 2 fully saturated rings. The Morgan fingerprint density at radius 3 is 1.40 bits per heavy atom. The van der Waals surface area contributed by atoms with E-state index in [0.717, 1.165) is 24.3 Å². The second kappa shape index (κ2) is 14.5. The van der Waals surface area contributed by atoms with E-state index in [9.17, 15) is 0 Å². The van der Waals surface area contributed by atoms with Crippen molar-refractivity contribution in [1.29, 1.82) is 0 Å². The number of rotatable bonds is 8. The molecule has 0 amide bonds. The van der Waals surface area contributed by atoms with E-state index in [1.54, 1.807) is 0 Å². The highest BCUT2D eigenvalue weighted by Gasteiger charge is 2.46. The summed E-state index contributed by atoms with van der Waals surface area (Å²) < 4.78 is 38.5. The number of hydrogen-bond donors (Lipinski definition) is 0. The highest BCUT2D eigenvalue weighted by atomic mass is 31.2. The minimum atomic E-state index is -1.58. The summed E-state index contributed by atoms with van der Waals surface area (Å²) in [5, 5.41) is 0. The fourth-order valence-electron chi connectivity index (χ4n) is 7.74. The number of aryl methyl sites for hydroxylation is 1. The SMILES string of the molecule is Cc1cc(C(C)(C)C)c(OP2OCC3(COP(Oc4ccc(C(C)(C)CC(C)(C)C)cc4C(C)(C)CC(C)(C)C)OC3)CO2)c(C(C)(C)C)c1. The lowest BCUT2D eigenvalue weighted by molar-refractivity contribution is -0.0674. The second-order valence-electron chi connectivity index (χ2n) is 20.9. The van der Waals surface area contributed by atoms with Gasteiger partial charge in [0.05, 0.1) is 31.8 Å². The molecule has 0 unspecified atom stereocenters.